The van der Waals surface area contributed by atoms with E-state index in [1.807, 2.05) is 38.1 Å². The Labute approximate surface area is 219 Å². The van der Waals surface area contributed by atoms with Crippen molar-refractivity contribution in [2.45, 2.75) is 24.9 Å². The van der Waals surface area contributed by atoms with Crippen LogP contribution in [0.1, 0.15) is 23.9 Å². The van der Waals surface area contributed by atoms with Gasteiger partial charge in [0.15, 0.2) is 11.6 Å². The fourth-order valence-electron chi connectivity index (χ4n) is 4.10. The molecule has 5 rings (SSSR count). The molecule has 0 bridgehead atoms. The van der Waals surface area contributed by atoms with Gasteiger partial charge in [0.05, 0.1) is 22.4 Å². The quantitative estimate of drug-likeness (QED) is 0.268. The molecule has 38 heavy (non-hydrogen) atoms. The monoisotopic (exact) mass is 537 g/mol. The van der Waals surface area contributed by atoms with Gasteiger partial charge in [-0.05, 0) is 49.1 Å². The van der Waals surface area contributed by atoms with Crippen molar-refractivity contribution < 1.29 is 13.2 Å². The molecule has 1 aromatic carbocycles. The van der Waals surface area contributed by atoms with Gasteiger partial charge >= 0.3 is 11.9 Å². The Morgan fingerprint density at radius 3 is 2.47 bits per heavy atom. The minimum absolute atomic E-state index is 0.0602. The first-order valence-corrected chi connectivity index (χ1v) is 12.6. The summed E-state index contributed by atoms with van der Waals surface area (Å²) in [5.74, 6) is 1.30. The number of alkyl halides is 3. The summed E-state index contributed by atoms with van der Waals surface area (Å²) < 4.78 is 44.6. The van der Waals surface area contributed by atoms with E-state index in [0.717, 1.165) is 22.3 Å². The minimum Gasteiger partial charge on any atom is -0.324 e. The first-order chi connectivity index (χ1) is 18.1. The van der Waals surface area contributed by atoms with Crippen LogP contribution in [0.3, 0.4) is 0 Å². The average molecular weight is 538 g/mol. The summed E-state index contributed by atoms with van der Waals surface area (Å²) in [7, 11) is 1.68. The van der Waals surface area contributed by atoms with Crippen LogP contribution >= 0.6 is 11.8 Å². The van der Waals surface area contributed by atoms with Gasteiger partial charge in [-0.3, -0.25) is 0 Å². The number of aryl methyl sites for hydroxylation is 2. The zero-order valence-electron chi connectivity index (χ0n) is 20.7. The fraction of sp³-hybridized carbons (Fsp3) is 0.192. The van der Waals surface area contributed by atoms with Crippen molar-refractivity contribution in [3.63, 3.8) is 0 Å². The Morgan fingerprint density at radius 1 is 1.08 bits per heavy atom. The van der Waals surface area contributed by atoms with E-state index in [0.29, 0.717) is 22.7 Å². The van der Waals surface area contributed by atoms with Crippen LogP contribution in [0.4, 0.5) is 13.2 Å². The molecular weight excluding hydrogens is 515 g/mol. The fourth-order valence-corrected chi connectivity index (χ4v) is 4.85. The van der Waals surface area contributed by atoms with Crippen molar-refractivity contribution in [3.8, 4) is 23.0 Å². The van der Waals surface area contributed by atoms with Crippen LogP contribution in [-0.2, 0) is 13.2 Å². The smallest absolute Gasteiger partial charge is 0.324 e. The van der Waals surface area contributed by atoms with Gasteiger partial charge in [0.1, 0.15) is 17.7 Å². The number of pyridine rings is 2. The van der Waals surface area contributed by atoms with Crippen molar-refractivity contribution >= 4 is 28.9 Å². The standard InChI is InChI=1S/C26H22F3N7OS/c1-5-17-23-18(13-20(31-17)26(27,28)29)32-24(34(23)4)22-19(38-6-2)11-12-21(33-22)36-25(37)35(14-30-36)16-9-7-15(3)8-10-16/h5,7-14H,1,6H2,2-4H3. The molecule has 0 spiro atoms. The molecule has 194 valence electrons. The van der Waals surface area contributed by atoms with Crippen LogP contribution in [0.25, 0.3) is 40.1 Å². The maximum Gasteiger partial charge on any atom is 0.433 e. The number of imidazole rings is 1. The highest BCUT2D eigenvalue weighted by molar-refractivity contribution is 7.99. The molecule has 8 nitrogen and oxygen atoms in total. The van der Waals surface area contributed by atoms with E-state index in [1.165, 1.54) is 33.4 Å². The summed E-state index contributed by atoms with van der Waals surface area (Å²) in [6.45, 7) is 7.56. The molecule has 0 saturated carbocycles. The Kier molecular flexibility index (Phi) is 6.43. The van der Waals surface area contributed by atoms with Crippen molar-refractivity contribution in [2.75, 3.05) is 5.75 Å². The van der Waals surface area contributed by atoms with Gasteiger partial charge < -0.3 is 4.57 Å². The SMILES string of the molecule is C=Cc1nc(C(F)(F)F)cc2nc(-c3nc(-n4ncn(-c5ccc(C)cc5)c4=O)ccc3SCC)n(C)c12. The maximum atomic E-state index is 13.5. The first-order valence-electron chi connectivity index (χ1n) is 11.6. The summed E-state index contributed by atoms with van der Waals surface area (Å²) in [5.41, 5.74) is 1.22. The molecule has 0 amide bonds. The van der Waals surface area contributed by atoms with E-state index < -0.39 is 17.6 Å². The van der Waals surface area contributed by atoms with E-state index >= 15 is 0 Å². The number of nitrogens with zero attached hydrogens (tertiary/aromatic N) is 7. The lowest BCUT2D eigenvalue weighted by Crippen LogP contribution is -2.23. The third kappa shape index (κ3) is 4.40. The van der Waals surface area contributed by atoms with Crippen LogP contribution in [0, 0.1) is 6.92 Å². The molecule has 0 radical (unpaired) electrons. The van der Waals surface area contributed by atoms with Gasteiger partial charge in [-0.1, -0.05) is 31.2 Å². The maximum absolute atomic E-state index is 13.5. The number of thioether (sulfide) groups is 1. The third-order valence-electron chi connectivity index (χ3n) is 5.92. The molecule has 0 aliphatic heterocycles. The molecule has 5 aromatic rings. The van der Waals surface area contributed by atoms with Crippen LogP contribution < -0.4 is 5.69 Å². The molecule has 0 aliphatic carbocycles. The second-order valence-corrected chi connectivity index (χ2v) is 9.74. The molecule has 0 N–H and O–H groups in total. The Morgan fingerprint density at radius 2 is 1.82 bits per heavy atom. The lowest BCUT2D eigenvalue weighted by molar-refractivity contribution is -0.141. The van der Waals surface area contributed by atoms with Crippen molar-refractivity contribution in [2.24, 2.45) is 7.05 Å². The van der Waals surface area contributed by atoms with E-state index in [9.17, 15) is 18.0 Å². The number of hydrogen-bond donors (Lipinski definition) is 0. The first kappa shape index (κ1) is 25.5. The number of fused-ring (bicyclic) bond motifs is 1. The minimum atomic E-state index is -4.64. The summed E-state index contributed by atoms with van der Waals surface area (Å²) in [5, 5.41) is 4.25. The zero-order chi connectivity index (χ0) is 27.2. The molecule has 0 aliphatic rings. The molecule has 0 atom stereocenters. The van der Waals surface area contributed by atoms with Crippen molar-refractivity contribution in [1.82, 2.24) is 33.9 Å². The van der Waals surface area contributed by atoms with Gasteiger partial charge in [-0.25, -0.2) is 24.3 Å². The number of hydrogen-bond acceptors (Lipinski definition) is 6. The van der Waals surface area contributed by atoms with E-state index in [2.05, 4.69) is 21.6 Å². The summed E-state index contributed by atoms with van der Waals surface area (Å²) in [6, 6.07) is 11.8. The normalized spacial score (nSPS) is 11.8. The molecule has 4 heterocycles. The second kappa shape index (κ2) is 9.60. The van der Waals surface area contributed by atoms with Crippen LogP contribution in [0.15, 0.2) is 65.1 Å². The summed E-state index contributed by atoms with van der Waals surface area (Å²) >= 11 is 1.50. The molecule has 0 saturated heterocycles. The van der Waals surface area contributed by atoms with E-state index in [-0.39, 0.29) is 17.0 Å². The number of halogens is 3. The van der Waals surface area contributed by atoms with Gasteiger partial charge in [0, 0.05) is 11.9 Å². The molecule has 0 unspecified atom stereocenters. The molecule has 4 aromatic heterocycles. The van der Waals surface area contributed by atoms with Crippen molar-refractivity contribution in [3.05, 3.63) is 82.8 Å². The van der Waals surface area contributed by atoms with Crippen LogP contribution in [0.5, 0.6) is 0 Å². The predicted octanol–water partition coefficient (Wildman–Crippen LogP) is 5.45. The van der Waals surface area contributed by atoms with E-state index in [1.54, 1.807) is 23.7 Å². The second-order valence-electron chi connectivity index (χ2n) is 8.44. The number of benzene rings is 1. The van der Waals surface area contributed by atoms with Gasteiger partial charge in [0.25, 0.3) is 0 Å². The zero-order valence-corrected chi connectivity index (χ0v) is 21.5. The van der Waals surface area contributed by atoms with Gasteiger partial charge in [0.2, 0.25) is 0 Å². The largest absolute Gasteiger partial charge is 0.433 e. The topological polar surface area (TPSA) is 83.4 Å². The van der Waals surface area contributed by atoms with Crippen LogP contribution in [-0.4, -0.2) is 39.6 Å². The lowest BCUT2D eigenvalue weighted by Gasteiger charge is -2.10. The molecular formula is C26H22F3N7OS. The Balaban J connectivity index is 1.68. The predicted molar refractivity (Wildman–Crippen MR) is 141 cm³/mol. The molecule has 0 fully saturated rings. The molecule has 12 heteroatoms. The Bertz CT molecular complexity index is 1730. The highest BCUT2D eigenvalue weighted by atomic mass is 32.2. The average Bonchev–Trinajstić information content (AvgIpc) is 3.43. The Hall–Kier alpha value is -4.19. The third-order valence-corrected chi connectivity index (χ3v) is 6.85. The van der Waals surface area contributed by atoms with Gasteiger partial charge in [-0.15, -0.1) is 11.8 Å². The van der Waals surface area contributed by atoms with E-state index in [4.69, 9.17) is 4.98 Å². The van der Waals surface area contributed by atoms with Crippen molar-refractivity contribution in [1.29, 1.82) is 0 Å². The van der Waals surface area contributed by atoms with Crippen LogP contribution in [0.2, 0.25) is 0 Å². The number of rotatable bonds is 6. The summed E-state index contributed by atoms with van der Waals surface area (Å²) in [6.07, 6.45) is -1.95. The van der Waals surface area contributed by atoms with Gasteiger partial charge in [-0.2, -0.15) is 23.0 Å². The highest BCUT2D eigenvalue weighted by Gasteiger charge is 2.34. The highest BCUT2D eigenvalue weighted by Crippen LogP contribution is 2.35. The number of aromatic nitrogens is 7. The summed E-state index contributed by atoms with van der Waals surface area (Å²) in [4.78, 5) is 26.9. The lowest BCUT2D eigenvalue weighted by atomic mass is 10.2.